The summed E-state index contributed by atoms with van der Waals surface area (Å²) in [6.45, 7) is 2.41. The van der Waals surface area contributed by atoms with Crippen molar-refractivity contribution in [2.24, 2.45) is 0 Å². The van der Waals surface area contributed by atoms with Gasteiger partial charge in [0.15, 0.2) is 17.6 Å². The number of pyridine rings is 1. The molecule has 2 aromatic rings. The van der Waals surface area contributed by atoms with E-state index in [1.54, 1.807) is 24.3 Å². The second kappa shape index (κ2) is 7.40. The Morgan fingerprint density at radius 2 is 2.00 bits per heavy atom. The van der Waals surface area contributed by atoms with Crippen LogP contribution < -0.4 is 14.8 Å². The largest absolute Gasteiger partial charge is 0.486 e. The lowest BCUT2D eigenvalue weighted by molar-refractivity contribution is -0.123. The highest BCUT2D eigenvalue weighted by Gasteiger charge is 2.21. The third-order valence-electron chi connectivity index (χ3n) is 3.44. The summed E-state index contributed by atoms with van der Waals surface area (Å²) >= 11 is 5.84. The number of nitrogens with zero attached hydrogens (tertiary/aromatic N) is 1. The molecule has 1 aliphatic rings. The first-order chi connectivity index (χ1) is 12.0. The summed E-state index contributed by atoms with van der Waals surface area (Å²) in [6.07, 6.45) is 0.439. The van der Waals surface area contributed by atoms with Crippen LogP contribution in [0.25, 0.3) is 0 Å². The lowest BCUT2D eigenvalue weighted by Gasteiger charge is -2.19. The quantitative estimate of drug-likeness (QED) is 0.664. The third-order valence-corrected chi connectivity index (χ3v) is 3.74. The predicted molar refractivity (Wildman–Crippen MR) is 90.2 cm³/mol. The molecule has 3 rings (SSSR count). The second-order valence-corrected chi connectivity index (χ2v) is 5.60. The fraction of sp³-hybridized carbons (Fsp3) is 0.235. The first-order valence-electron chi connectivity index (χ1n) is 7.56. The fourth-order valence-corrected chi connectivity index (χ4v) is 2.38. The van der Waals surface area contributed by atoms with Gasteiger partial charge in [-0.25, -0.2) is 9.78 Å². The first-order valence-corrected chi connectivity index (χ1v) is 7.94. The summed E-state index contributed by atoms with van der Waals surface area (Å²) in [5.41, 5.74) is 0.611. The van der Waals surface area contributed by atoms with Gasteiger partial charge in [-0.05, 0) is 31.2 Å². The molecule has 0 radical (unpaired) electrons. The summed E-state index contributed by atoms with van der Waals surface area (Å²) in [5, 5.41) is 2.68. The van der Waals surface area contributed by atoms with Crippen LogP contribution in [0.2, 0.25) is 5.15 Å². The molecule has 1 aliphatic heterocycles. The maximum atomic E-state index is 12.2. The van der Waals surface area contributed by atoms with Crippen molar-refractivity contribution >= 4 is 29.2 Å². The van der Waals surface area contributed by atoms with E-state index in [2.05, 4.69) is 10.3 Å². The summed E-state index contributed by atoms with van der Waals surface area (Å²) < 4.78 is 16.0. The second-order valence-electron chi connectivity index (χ2n) is 5.24. The summed E-state index contributed by atoms with van der Waals surface area (Å²) in [5.74, 6) is -0.0289. The minimum Gasteiger partial charge on any atom is -0.486 e. The predicted octanol–water partition coefficient (Wildman–Crippen LogP) is 2.69. The van der Waals surface area contributed by atoms with Crippen molar-refractivity contribution in [3.8, 4) is 11.5 Å². The Kier molecular flexibility index (Phi) is 5.04. The zero-order valence-electron chi connectivity index (χ0n) is 13.3. The van der Waals surface area contributed by atoms with Crippen LogP contribution in [0.15, 0.2) is 36.5 Å². The van der Waals surface area contributed by atoms with E-state index in [9.17, 15) is 9.59 Å². The van der Waals surface area contributed by atoms with Crippen molar-refractivity contribution < 1.29 is 23.8 Å². The zero-order chi connectivity index (χ0) is 17.8. The van der Waals surface area contributed by atoms with Crippen molar-refractivity contribution in [1.29, 1.82) is 0 Å². The fourth-order valence-electron chi connectivity index (χ4n) is 2.18. The Morgan fingerprint density at radius 1 is 1.24 bits per heavy atom. The standard InChI is InChI=1S/C17H15ClN2O5/c1-10(25-17(22)12-3-2-6-19-15(12)18)16(21)20-11-4-5-13-14(9-11)24-8-7-23-13/h2-6,9-10H,7-8H2,1H3,(H,20,21)/t10-/m0/s1. The zero-order valence-corrected chi connectivity index (χ0v) is 14.1. The molecule has 25 heavy (non-hydrogen) atoms. The van der Waals surface area contributed by atoms with E-state index in [0.717, 1.165) is 0 Å². The van der Waals surface area contributed by atoms with Crippen molar-refractivity contribution in [2.75, 3.05) is 18.5 Å². The van der Waals surface area contributed by atoms with Crippen LogP contribution in [0.5, 0.6) is 11.5 Å². The Bertz CT molecular complexity index is 811. The molecule has 0 aliphatic carbocycles. The van der Waals surface area contributed by atoms with Gasteiger partial charge in [0.25, 0.3) is 5.91 Å². The molecule has 1 atom stereocenters. The highest BCUT2D eigenvalue weighted by atomic mass is 35.5. The van der Waals surface area contributed by atoms with Crippen molar-refractivity contribution in [3.05, 3.63) is 47.2 Å². The molecule has 0 saturated heterocycles. The molecule has 1 aromatic carbocycles. The summed E-state index contributed by atoms with van der Waals surface area (Å²) in [6, 6.07) is 8.07. The Balaban J connectivity index is 1.63. The monoisotopic (exact) mass is 362 g/mol. The molecule has 1 aromatic heterocycles. The average molecular weight is 363 g/mol. The molecular formula is C17H15ClN2O5. The summed E-state index contributed by atoms with van der Waals surface area (Å²) in [4.78, 5) is 28.1. The Hall–Kier alpha value is -2.80. The van der Waals surface area contributed by atoms with Gasteiger partial charge in [0.1, 0.15) is 18.4 Å². The van der Waals surface area contributed by atoms with Crippen LogP contribution in [0.3, 0.4) is 0 Å². The minimum atomic E-state index is -1.02. The number of carbonyl (C=O) groups is 2. The highest BCUT2D eigenvalue weighted by Crippen LogP contribution is 2.32. The lowest BCUT2D eigenvalue weighted by atomic mass is 10.2. The molecule has 1 N–H and O–H groups in total. The number of anilines is 1. The number of nitrogens with one attached hydrogen (secondary N) is 1. The van der Waals surface area contributed by atoms with Crippen LogP contribution >= 0.6 is 11.6 Å². The molecule has 8 heteroatoms. The normalized spacial score (nSPS) is 13.7. The Labute approximate surface area is 148 Å². The van der Waals surface area contributed by atoms with Crippen molar-refractivity contribution in [2.45, 2.75) is 13.0 Å². The summed E-state index contributed by atoms with van der Waals surface area (Å²) in [7, 11) is 0. The molecule has 0 saturated carbocycles. The van der Waals surface area contributed by atoms with Gasteiger partial charge in [-0.15, -0.1) is 0 Å². The van der Waals surface area contributed by atoms with Gasteiger partial charge in [-0.1, -0.05) is 11.6 Å². The molecule has 7 nitrogen and oxygen atoms in total. The molecule has 0 fully saturated rings. The van der Waals surface area contributed by atoms with Gasteiger partial charge in [0, 0.05) is 18.0 Å². The van der Waals surface area contributed by atoms with Crippen LogP contribution in [-0.2, 0) is 9.53 Å². The first kappa shape index (κ1) is 17.0. The average Bonchev–Trinajstić information content (AvgIpc) is 2.61. The van der Waals surface area contributed by atoms with E-state index in [0.29, 0.717) is 30.4 Å². The number of benzene rings is 1. The number of halogens is 1. The molecule has 2 heterocycles. The smallest absolute Gasteiger partial charge is 0.342 e. The number of aromatic nitrogens is 1. The van der Waals surface area contributed by atoms with Crippen molar-refractivity contribution in [1.82, 2.24) is 4.98 Å². The van der Waals surface area contributed by atoms with E-state index < -0.39 is 18.0 Å². The van der Waals surface area contributed by atoms with Gasteiger partial charge in [0.05, 0.1) is 5.56 Å². The SMILES string of the molecule is C[C@H](OC(=O)c1cccnc1Cl)C(=O)Nc1ccc2c(c1)OCCO2. The van der Waals surface area contributed by atoms with Crippen LogP contribution in [0.4, 0.5) is 5.69 Å². The maximum absolute atomic E-state index is 12.2. The molecule has 0 bridgehead atoms. The van der Waals surface area contributed by atoms with Gasteiger partial charge >= 0.3 is 5.97 Å². The van der Waals surface area contributed by atoms with E-state index in [1.165, 1.54) is 19.2 Å². The number of amides is 1. The topological polar surface area (TPSA) is 86.8 Å². The van der Waals surface area contributed by atoms with Gasteiger partial charge in [-0.2, -0.15) is 0 Å². The van der Waals surface area contributed by atoms with E-state index in [-0.39, 0.29) is 10.7 Å². The number of carbonyl (C=O) groups excluding carboxylic acids is 2. The molecule has 0 unspecified atom stereocenters. The number of rotatable bonds is 4. The molecule has 1 amide bonds. The number of fused-ring (bicyclic) bond motifs is 1. The van der Waals surface area contributed by atoms with Gasteiger partial charge in [-0.3, -0.25) is 4.79 Å². The number of hydrogen-bond donors (Lipinski definition) is 1. The van der Waals surface area contributed by atoms with Crippen molar-refractivity contribution in [3.63, 3.8) is 0 Å². The van der Waals surface area contributed by atoms with E-state index in [4.69, 9.17) is 25.8 Å². The van der Waals surface area contributed by atoms with Gasteiger partial charge < -0.3 is 19.5 Å². The van der Waals surface area contributed by atoms with E-state index >= 15 is 0 Å². The third kappa shape index (κ3) is 4.00. The number of ether oxygens (including phenoxy) is 3. The number of esters is 1. The molecular weight excluding hydrogens is 348 g/mol. The van der Waals surface area contributed by atoms with Crippen LogP contribution in [0, 0.1) is 0 Å². The van der Waals surface area contributed by atoms with E-state index in [1.807, 2.05) is 0 Å². The van der Waals surface area contributed by atoms with Crippen LogP contribution in [0.1, 0.15) is 17.3 Å². The van der Waals surface area contributed by atoms with Crippen LogP contribution in [-0.4, -0.2) is 36.2 Å². The number of hydrogen-bond acceptors (Lipinski definition) is 6. The van der Waals surface area contributed by atoms with Gasteiger partial charge in [0.2, 0.25) is 0 Å². The highest BCUT2D eigenvalue weighted by molar-refractivity contribution is 6.32. The molecule has 0 spiro atoms. The molecule has 130 valence electrons. The Morgan fingerprint density at radius 3 is 2.76 bits per heavy atom. The maximum Gasteiger partial charge on any atom is 0.342 e. The minimum absolute atomic E-state index is 0.0203. The lowest BCUT2D eigenvalue weighted by Crippen LogP contribution is -2.30.